The maximum absolute atomic E-state index is 10.6. The first-order chi connectivity index (χ1) is 10.4. The van der Waals surface area contributed by atoms with E-state index in [2.05, 4.69) is 0 Å². The van der Waals surface area contributed by atoms with Crippen LogP contribution in [-0.2, 0) is 9.59 Å². The average Bonchev–Trinajstić information content (AvgIpc) is 2.45. The molecule has 0 saturated carbocycles. The van der Waals surface area contributed by atoms with E-state index < -0.39 is 24.3 Å². The van der Waals surface area contributed by atoms with Gasteiger partial charge in [-0.05, 0) is 0 Å². The van der Waals surface area contributed by atoms with Gasteiger partial charge in [0, 0.05) is 0 Å². The number of ether oxygens (including phenoxy) is 1. The molecule has 0 aromatic heterocycles. The van der Waals surface area contributed by atoms with E-state index in [-0.39, 0.29) is 83.8 Å². The van der Waals surface area contributed by atoms with Crippen molar-refractivity contribution in [1.82, 2.24) is 0 Å². The number of anilines is 1. The van der Waals surface area contributed by atoms with Crippen molar-refractivity contribution in [2.45, 2.75) is 0 Å². The van der Waals surface area contributed by atoms with E-state index in [4.69, 9.17) is 15.6 Å². The Labute approximate surface area is 195 Å². The minimum absolute atomic E-state index is 0. The fourth-order valence-corrected chi connectivity index (χ4v) is 12.2. The monoisotopic (exact) mass is 453 g/mol. The number of hydrogen-bond donors (Lipinski definition) is 2. The van der Waals surface area contributed by atoms with Gasteiger partial charge in [-0.3, -0.25) is 0 Å². The Bertz CT molecular complexity index is 522. The predicted molar refractivity (Wildman–Crippen MR) is 83.8 cm³/mol. The van der Waals surface area contributed by atoms with E-state index in [1.807, 2.05) is 0 Å². The van der Waals surface area contributed by atoms with Gasteiger partial charge in [-0.15, -0.1) is 0 Å². The molecule has 0 heterocycles. The van der Waals surface area contributed by atoms with Gasteiger partial charge < -0.3 is 0 Å². The van der Waals surface area contributed by atoms with Crippen LogP contribution in [0.4, 0.5) is 5.69 Å². The van der Waals surface area contributed by atoms with Crippen molar-refractivity contribution in [2.24, 2.45) is 0 Å². The molecule has 3 N–H and O–H groups in total. The van der Waals surface area contributed by atoms with Gasteiger partial charge in [0.15, 0.2) is 0 Å². The summed E-state index contributed by atoms with van der Waals surface area (Å²) in [6.07, 6.45) is 0. The van der Waals surface area contributed by atoms with E-state index >= 15 is 0 Å². The van der Waals surface area contributed by atoms with Crippen molar-refractivity contribution < 1.29 is 88.8 Å². The number of carbonyl (C=O) groups excluding carboxylic acids is 2. The van der Waals surface area contributed by atoms with Gasteiger partial charge in [0.1, 0.15) is 0 Å². The molecule has 12 heteroatoms. The molecule has 1 rings (SSSR count). The minimum atomic E-state index is -2.05. The van der Waals surface area contributed by atoms with Gasteiger partial charge in [0.25, 0.3) is 0 Å². The van der Waals surface area contributed by atoms with Crippen molar-refractivity contribution in [1.29, 1.82) is 0 Å². The number of hydrogen-bond acceptors (Lipinski definition) is 9. The van der Waals surface area contributed by atoms with E-state index in [1.165, 1.54) is 20.0 Å². The largest absolute Gasteiger partial charge is 1.00 e. The Hall–Kier alpha value is 0.978. The van der Waals surface area contributed by atoms with Crippen molar-refractivity contribution in [3.8, 4) is 5.75 Å². The molecule has 0 amide bonds. The van der Waals surface area contributed by atoms with E-state index in [0.29, 0.717) is 11.4 Å². The molecule has 122 valence electrons. The van der Waals surface area contributed by atoms with Gasteiger partial charge in [-0.2, -0.15) is 0 Å². The minimum Gasteiger partial charge on any atom is 1.00 e. The topological polar surface area (TPSA) is 136 Å². The smallest absolute Gasteiger partial charge is 1.00 e. The third-order valence-electron chi connectivity index (χ3n) is 2.15. The van der Waals surface area contributed by atoms with Crippen LogP contribution in [-0.4, -0.2) is 54.1 Å². The maximum atomic E-state index is 10.6. The van der Waals surface area contributed by atoms with Gasteiger partial charge in [-0.1, -0.05) is 0 Å². The molecule has 7 nitrogen and oxygen atoms in total. The number of carboxylic acid groups (broad SMARTS) is 2. The zero-order valence-corrected chi connectivity index (χ0v) is 20.9. The van der Waals surface area contributed by atoms with Crippen molar-refractivity contribution in [3.63, 3.8) is 0 Å². The summed E-state index contributed by atoms with van der Waals surface area (Å²) in [5, 5.41) is 29.9. The van der Waals surface area contributed by atoms with E-state index in [1.54, 1.807) is 18.2 Å². The molecule has 0 bridgehead atoms. The summed E-state index contributed by atoms with van der Waals surface area (Å²) in [5.74, 6) is -2.39. The number of rotatable bonds is 10. The Morgan fingerprint density at radius 1 is 1.17 bits per heavy atom. The number of nitrogens with two attached hydrogens (primary N) is 1. The summed E-state index contributed by atoms with van der Waals surface area (Å²) >= 11 is -2.05. The van der Waals surface area contributed by atoms with E-state index in [9.17, 15) is 19.8 Å². The first-order valence-corrected chi connectivity index (χ1v) is 13.4. The summed E-state index contributed by atoms with van der Waals surface area (Å²) in [6, 6.07) is 5.01. The number of aliphatic hydroxyl groups excluding tert-OH is 1. The normalized spacial score (nSPS) is 9.75. The Morgan fingerprint density at radius 3 is 2.12 bits per heavy atom. The summed E-state index contributed by atoms with van der Waals surface area (Å²) < 4.78 is 6.04. The van der Waals surface area contributed by atoms with Gasteiger partial charge in [-0.25, -0.2) is 0 Å². The van der Waals surface area contributed by atoms with Gasteiger partial charge in [0.2, 0.25) is 0 Å². The average molecular weight is 453 g/mol. The summed E-state index contributed by atoms with van der Waals surface area (Å²) in [5.41, 5.74) is 6.21. The summed E-state index contributed by atoms with van der Waals surface area (Å²) in [6.45, 7) is -0.0221. The summed E-state index contributed by atoms with van der Waals surface area (Å²) in [4.78, 5) is 21.2. The van der Waals surface area contributed by atoms with E-state index in [0.717, 1.165) is 4.35 Å². The van der Waals surface area contributed by atoms with Crippen LogP contribution in [0.3, 0.4) is 0 Å². The molecule has 0 atom stereocenters. The van der Waals surface area contributed by atoms with Crippen molar-refractivity contribution in [2.75, 3.05) is 30.5 Å². The molecular formula is C12H14AsNNa2O6S2. The first kappa shape index (κ1) is 27.2. The van der Waals surface area contributed by atoms with Crippen LogP contribution < -0.4 is 84.1 Å². The molecule has 24 heavy (non-hydrogen) atoms. The van der Waals surface area contributed by atoms with Gasteiger partial charge >= 0.3 is 198 Å². The molecule has 0 radical (unpaired) electrons. The fourth-order valence-electron chi connectivity index (χ4n) is 1.35. The molecular weight excluding hydrogens is 439 g/mol. The SMILES string of the molecule is Nc1cc([As](SCC(=O)[O-])SCC(=O)[O-])ccc1OCCO.[Na+].[Na+]. The van der Waals surface area contributed by atoms with Crippen LogP contribution in [0, 0.1) is 0 Å². The number of nitrogen functional groups attached to an aromatic ring is 1. The second-order valence-electron chi connectivity index (χ2n) is 3.84. The third-order valence-corrected chi connectivity index (χ3v) is 14.9. The molecule has 1 aromatic carbocycles. The van der Waals surface area contributed by atoms with Gasteiger partial charge in [0.05, 0.1) is 0 Å². The quantitative estimate of drug-likeness (QED) is 0.262. The zero-order chi connectivity index (χ0) is 16.5. The van der Waals surface area contributed by atoms with Crippen LogP contribution in [0.2, 0.25) is 0 Å². The molecule has 0 spiro atoms. The number of carboxylic acids is 2. The molecule has 1 aromatic rings. The molecule has 0 aliphatic carbocycles. The summed E-state index contributed by atoms with van der Waals surface area (Å²) in [7, 11) is 2.35. The van der Waals surface area contributed by atoms with Crippen molar-refractivity contribution in [3.05, 3.63) is 18.2 Å². The number of aliphatic carboxylic acids is 2. The zero-order valence-electron chi connectivity index (χ0n) is 13.4. The number of carbonyl (C=O) groups is 2. The third kappa shape index (κ3) is 10.9. The van der Waals surface area contributed by atoms with Crippen LogP contribution in [0.15, 0.2) is 18.2 Å². The van der Waals surface area contributed by atoms with Crippen LogP contribution in [0.1, 0.15) is 0 Å². The van der Waals surface area contributed by atoms with Crippen LogP contribution >= 0.6 is 20.0 Å². The first-order valence-electron chi connectivity index (χ1n) is 6.03. The molecule has 0 fully saturated rings. The van der Waals surface area contributed by atoms with Crippen LogP contribution in [0.5, 0.6) is 5.75 Å². The molecule has 0 saturated heterocycles. The van der Waals surface area contributed by atoms with Crippen LogP contribution in [0.25, 0.3) is 0 Å². The number of aliphatic hydroxyl groups is 1. The molecule has 0 aliphatic heterocycles. The fraction of sp³-hybridized carbons (Fsp3) is 0.333. The maximum Gasteiger partial charge on any atom is 1.00 e. The molecule has 0 aliphatic rings. The standard InChI is InChI=1S/C12H16AsNO6S2.2Na/c14-9-5-8(1-2-10(9)20-4-3-15)13(21-6-11(16)17)22-7-12(18)19;;/h1-2,5,15H,3-4,6-7,14H2,(H,16,17)(H,18,19);;/q;2*+1/p-2. The van der Waals surface area contributed by atoms with Crippen molar-refractivity contribution >= 4 is 54.4 Å². The number of benzene rings is 1. The second kappa shape index (κ2) is 15.1. The Balaban J connectivity index is 0. The molecule has 0 unspecified atom stereocenters. The second-order valence-corrected chi connectivity index (χ2v) is 15.3. The predicted octanol–water partition coefficient (Wildman–Crippen LogP) is -8.69. The Kier molecular flexibility index (Phi) is 17.1. The Morgan fingerprint density at radius 2 is 1.71 bits per heavy atom.